The Morgan fingerprint density at radius 1 is 0.962 bits per heavy atom. The number of anilines is 1. The summed E-state index contributed by atoms with van der Waals surface area (Å²) in [6, 6.07) is 7.04. The van der Waals surface area contributed by atoms with Crippen LogP contribution < -0.4 is 9.64 Å². The summed E-state index contributed by atoms with van der Waals surface area (Å²) >= 11 is 0. The molecule has 8 nitrogen and oxygen atoms in total. The van der Waals surface area contributed by atoms with Crippen molar-refractivity contribution < 1.29 is 19.1 Å². The Kier molecular flexibility index (Phi) is 5.13. The summed E-state index contributed by atoms with van der Waals surface area (Å²) in [5.74, 6) is -0.652. The third kappa shape index (κ3) is 3.37. The third-order valence-corrected chi connectivity index (χ3v) is 4.75. The van der Waals surface area contributed by atoms with E-state index in [1.807, 2.05) is 29.2 Å². The number of ether oxygens (including phenoxy) is 1. The maximum absolute atomic E-state index is 12.3. The Labute approximate surface area is 152 Å². The van der Waals surface area contributed by atoms with Gasteiger partial charge in [0.1, 0.15) is 5.75 Å². The molecule has 1 aromatic rings. The number of urea groups is 1. The van der Waals surface area contributed by atoms with E-state index in [9.17, 15) is 14.4 Å². The highest BCUT2D eigenvalue weighted by molar-refractivity contribution is 6.44. The van der Waals surface area contributed by atoms with Gasteiger partial charge in [-0.2, -0.15) is 0 Å². The number of nitrogens with zero attached hydrogens (tertiary/aromatic N) is 4. The summed E-state index contributed by atoms with van der Waals surface area (Å²) in [6.07, 6.45) is 0. The zero-order valence-electron chi connectivity index (χ0n) is 15.3. The van der Waals surface area contributed by atoms with Gasteiger partial charge in [-0.15, -0.1) is 0 Å². The first-order chi connectivity index (χ1) is 12.4. The van der Waals surface area contributed by atoms with Gasteiger partial charge in [-0.3, -0.25) is 19.4 Å². The topological polar surface area (TPSA) is 73.4 Å². The molecule has 3 rings (SSSR count). The third-order valence-electron chi connectivity index (χ3n) is 4.75. The summed E-state index contributed by atoms with van der Waals surface area (Å²) < 4.78 is 5.17. The fourth-order valence-corrected chi connectivity index (χ4v) is 3.24. The van der Waals surface area contributed by atoms with Crippen molar-refractivity contribution >= 4 is 23.5 Å². The molecule has 0 spiro atoms. The first kappa shape index (κ1) is 18.2. The van der Waals surface area contributed by atoms with Crippen LogP contribution in [0.5, 0.6) is 5.75 Å². The Bertz CT molecular complexity index is 696. The van der Waals surface area contributed by atoms with Gasteiger partial charge in [0.15, 0.2) is 0 Å². The number of benzene rings is 1. The number of methoxy groups -OCH3 is 1. The predicted octanol–water partition coefficient (Wildman–Crippen LogP) is 0.974. The van der Waals surface area contributed by atoms with E-state index < -0.39 is 17.8 Å². The monoisotopic (exact) mass is 360 g/mol. The van der Waals surface area contributed by atoms with E-state index in [1.54, 1.807) is 21.0 Å². The lowest BCUT2D eigenvalue weighted by atomic mass is 10.2. The number of carbonyl (C=O) groups is 3. The highest BCUT2D eigenvalue weighted by Gasteiger charge is 2.46. The lowest BCUT2D eigenvalue weighted by Crippen LogP contribution is -2.51. The number of carbonyl (C=O) groups excluding carboxylic acids is 3. The molecule has 2 saturated heterocycles. The van der Waals surface area contributed by atoms with Gasteiger partial charge in [0.25, 0.3) is 0 Å². The number of imide groups is 2. The van der Waals surface area contributed by atoms with E-state index in [0.29, 0.717) is 13.1 Å². The van der Waals surface area contributed by atoms with Gasteiger partial charge in [0.2, 0.25) is 0 Å². The summed E-state index contributed by atoms with van der Waals surface area (Å²) in [5, 5.41) is 0. The van der Waals surface area contributed by atoms with Crippen LogP contribution in [0.1, 0.15) is 13.8 Å². The van der Waals surface area contributed by atoms with Gasteiger partial charge in [-0.05, 0) is 38.1 Å². The minimum atomic E-state index is -0.735. The smallest absolute Gasteiger partial charge is 0.335 e. The Morgan fingerprint density at radius 3 is 2.08 bits per heavy atom. The molecule has 2 fully saturated rings. The van der Waals surface area contributed by atoms with Crippen molar-refractivity contribution in [2.45, 2.75) is 19.9 Å². The Morgan fingerprint density at radius 2 is 1.58 bits per heavy atom. The highest BCUT2D eigenvalue weighted by atomic mass is 16.5. The van der Waals surface area contributed by atoms with Gasteiger partial charge in [0, 0.05) is 37.9 Å². The lowest BCUT2D eigenvalue weighted by Gasteiger charge is -2.37. The second-order valence-electron chi connectivity index (χ2n) is 6.73. The number of piperazine rings is 1. The minimum absolute atomic E-state index is 0.156. The van der Waals surface area contributed by atoms with Gasteiger partial charge >= 0.3 is 17.8 Å². The first-order valence-corrected chi connectivity index (χ1v) is 8.72. The van der Waals surface area contributed by atoms with E-state index in [2.05, 4.69) is 4.90 Å². The van der Waals surface area contributed by atoms with Crippen molar-refractivity contribution in [1.82, 2.24) is 14.7 Å². The molecule has 0 aliphatic carbocycles. The molecule has 2 aliphatic heterocycles. The number of hydrogen-bond acceptors (Lipinski definition) is 6. The zero-order valence-corrected chi connectivity index (χ0v) is 15.3. The number of rotatable bonds is 5. The molecule has 8 heteroatoms. The van der Waals surface area contributed by atoms with Crippen molar-refractivity contribution in [3.63, 3.8) is 0 Å². The molecular weight excluding hydrogens is 336 g/mol. The quantitative estimate of drug-likeness (QED) is 0.576. The van der Waals surface area contributed by atoms with Gasteiger partial charge < -0.3 is 9.64 Å². The molecule has 0 aromatic heterocycles. The molecular formula is C18H24N4O4. The minimum Gasteiger partial charge on any atom is -0.497 e. The maximum atomic E-state index is 12.3. The zero-order chi connectivity index (χ0) is 18.8. The SMILES string of the molecule is COc1ccc(N2CCN(CN3C(=O)C(=O)N(C(C)C)C3=O)CC2)cc1. The van der Waals surface area contributed by atoms with Crippen LogP contribution in [0.15, 0.2) is 24.3 Å². The Balaban J connectivity index is 1.58. The largest absolute Gasteiger partial charge is 0.497 e. The number of amides is 4. The molecule has 0 bridgehead atoms. The molecule has 4 amide bonds. The first-order valence-electron chi connectivity index (χ1n) is 8.72. The molecule has 0 N–H and O–H groups in total. The fraction of sp³-hybridized carbons (Fsp3) is 0.500. The van der Waals surface area contributed by atoms with Crippen molar-refractivity contribution in [1.29, 1.82) is 0 Å². The van der Waals surface area contributed by atoms with Crippen LogP contribution in [0.2, 0.25) is 0 Å². The van der Waals surface area contributed by atoms with Gasteiger partial charge in [-0.25, -0.2) is 9.69 Å². The molecule has 140 valence electrons. The van der Waals surface area contributed by atoms with E-state index >= 15 is 0 Å². The van der Waals surface area contributed by atoms with Crippen molar-refractivity contribution in [2.75, 3.05) is 44.9 Å². The van der Waals surface area contributed by atoms with E-state index in [0.717, 1.165) is 34.3 Å². The molecule has 2 aliphatic rings. The van der Waals surface area contributed by atoms with Crippen LogP contribution in [0.4, 0.5) is 10.5 Å². The Hall–Kier alpha value is -2.61. The molecule has 0 radical (unpaired) electrons. The lowest BCUT2D eigenvalue weighted by molar-refractivity contribution is -0.144. The van der Waals surface area contributed by atoms with Crippen molar-refractivity contribution in [2.24, 2.45) is 0 Å². The summed E-state index contributed by atoms with van der Waals surface area (Å²) in [4.78, 5) is 42.8. The molecule has 0 atom stereocenters. The van der Waals surface area contributed by atoms with Crippen molar-refractivity contribution in [3.8, 4) is 5.75 Å². The van der Waals surface area contributed by atoms with Crippen LogP contribution in [0.25, 0.3) is 0 Å². The van der Waals surface area contributed by atoms with Crippen LogP contribution in [-0.4, -0.2) is 78.5 Å². The second-order valence-corrected chi connectivity index (χ2v) is 6.73. The van der Waals surface area contributed by atoms with Crippen LogP contribution in [-0.2, 0) is 9.59 Å². The van der Waals surface area contributed by atoms with Crippen molar-refractivity contribution in [3.05, 3.63) is 24.3 Å². The summed E-state index contributed by atoms with van der Waals surface area (Å²) in [5.41, 5.74) is 1.11. The summed E-state index contributed by atoms with van der Waals surface area (Å²) in [6.45, 7) is 6.58. The van der Waals surface area contributed by atoms with E-state index in [4.69, 9.17) is 4.74 Å². The molecule has 2 heterocycles. The van der Waals surface area contributed by atoms with E-state index in [1.165, 1.54) is 0 Å². The van der Waals surface area contributed by atoms with Crippen LogP contribution in [0, 0.1) is 0 Å². The summed E-state index contributed by atoms with van der Waals surface area (Å²) in [7, 11) is 1.64. The van der Waals surface area contributed by atoms with Crippen LogP contribution in [0.3, 0.4) is 0 Å². The average molecular weight is 360 g/mol. The average Bonchev–Trinajstić information content (AvgIpc) is 2.86. The highest BCUT2D eigenvalue weighted by Crippen LogP contribution is 2.21. The predicted molar refractivity (Wildman–Crippen MR) is 95.9 cm³/mol. The van der Waals surface area contributed by atoms with E-state index in [-0.39, 0.29) is 12.7 Å². The molecule has 0 saturated carbocycles. The van der Waals surface area contributed by atoms with Gasteiger partial charge in [0.05, 0.1) is 13.8 Å². The standard InChI is InChI=1S/C18H24N4O4/c1-13(2)22-17(24)16(23)21(18(22)25)12-19-8-10-20(11-9-19)14-4-6-15(26-3)7-5-14/h4-7,13H,8-12H2,1-3H3. The number of hydrogen-bond donors (Lipinski definition) is 0. The second kappa shape index (κ2) is 7.33. The molecule has 1 aromatic carbocycles. The fourth-order valence-electron chi connectivity index (χ4n) is 3.24. The maximum Gasteiger partial charge on any atom is 0.335 e. The normalized spacial score (nSPS) is 19.1. The molecule has 0 unspecified atom stereocenters. The van der Waals surface area contributed by atoms with Crippen LogP contribution >= 0.6 is 0 Å². The van der Waals surface area contributed by atoms with Gasteiger partial charge in [-0.1, -0.05) is 0 Å². The molecule has 26 heavy (non-hydrogen) atoms.